The molecule has 106 valence electrons. The lowest BCUT2D eigenvalue weighted by atomic mass is 10.3. The van der Waals surface area contributed by atoms with Crippen molar-refractivity contribution >= 4 is 27.6 Å². The number of nitriles is 1. The van der Waals surface area contributed by atoms with Gasteiger partial charge in [0.25, 0.3) is 0 Å². The van der Waals surface area contributed by atoms with Crippen molar-refractivity contribution in [2.45, 2.75) is 19.9 Å². The molecule has 0 saturated heterocycles. The highest BCUT2D eigenvalue weighted by atomic mass is 32.1. The molecular weight excluding hydrogens is 284 g/mol. The Bertz CT molecular complexity index is 797. The van der Waals surface area contributed by atoms with Crippen molar-refractivity contribution in [1.29, 1.82) is 5.26 Å². The highest BCUT2D eigenvalue weighted by Gasteiger charge is 2.14. The van der Waals surface area contributed by atoms with E-state index in [1.165, 1.54) is 11.5 Å². The quantitative estimate of drug-likeness (QED) is 0.782. The number of hydrogen-bond donors (Lipinski definition) is 1. The number of anilines is 1. The van der Waals surface area contributed by atoms with Crippen molar-refractivity contribution in [3.8, 4) is 6.07 Å². The molecule has 7 heteroatoms. The van der Waals surface area contributed by atoms with E-state index in [0.717, 1.165) is 34.1 Å². The maximum absolute atomic E-state index is 8.99. The van der Waals surface area contributed by atoms with Gasteiger partial charge in [-0.25, -0.2) is 4.98 Å². The highest BCUT2D eigenvalue weighted by molar-refractivity contribution is 7.10. The van der Waals surface area contributed by atoms with Crippen LogP contribution in [0.3, 0.4) is 0 Å². The minimum absolute atomic E-state index is 0.281. The summed E-state index contributed by atoms with van der Waals surface area (Å²) in [7, 11) is 0. The molecule has 0 saturated carbocycles. The molecule has 2 heterocycles. The molecule has 1 aromatic carbocycles. The molecule has 0 fully saturated rings. The SMILES string of the molecule is CCNc1snnc1Cn1c(CC#N)nc2ccccc21. The van der Waals surface area contributed by atoms with Gasteiger partial charge in [0.2, 0.25) is 0 Å². The fourth-order valence-corrected chi connectivity index (χ4v) is 2.90. The predicted octanol–water partition coefficient (Wildman–Crippen LogP) is 2.43. The van der Waals surface area contributed by atoms with E-state index < -0.39 is 0 Å². The summed E-state index contributed by atoms with van der Waals surface area (Å²) in [5, 5.41) is 17.4. The van der Waals surface area contributed by atoms with Crippen LogP contribution in [0.5, 0.6) is 0 Å². The zero-order valence-corrected chi connectivity index (χ0v) is 12.4. The van der Waals surface area contributed by atoms with Crippen molar-refractivity contribution in [3.63, 3.8) is 0 Å². The van der Waals surface area contributed by atoms with Gasteiger partial charge >= 0.3 is 0 Å². The van der Waals surface area contributed by atoms with Crippen LogP contribution in [0.15, 0.2) is 24.3 Å². The van der Waals surface area contributed by atoms with Crippen LogP contribution in [0.1, 0.15) is 18.4 Å². The van der Waals surface area contributed by atoms with Crippen LogP contribution in [0.2, 0.25) is 0 Å². The molecule has 0 atom stereocenters. The Labute approximate surface area is 126 Å². The minimum atomic E-state index is 0.281. The van der Waals surface area contributed by atoms with E-state index in [-0.39, 0.29) is 6.42 Å². The summed E-state index contributed by atoms with van der Waals surface area (Å²) in [6.07, 6.45) is 0.281. The molecule has 0 aliphatic heterocycles. The number of nitrogens with zero attached hydrogens (tertiary/aromatic N) is 5. The summed E-state index contributed by atoms with van der Waals surface area (Å²) < 4.78 is 6.05. The second-order valence-corrected chi connectivity index (χ2v) is 5.27. The van der Waals surface area contributed by atoms with Crippen LogP contribution in [0.4, 0.5) is 5.00 Å². The number of aromatic nitrogens is 4. The van der Waals surface area contributed by atoms with Crippen LogP contribution in [-0.2, 0) is 13.0 Å². The van der Waals surface area contributed by atoms with Crippen molar-refractivity contribution in [1.82, 2.24) is 19.1 Å². The maximum Gasteiger partial charge on any atom is 0.135 e. The number of hydrogen-bond acceptors (Lipinski definition) is 6. The van der Waals surface area contributed by atoms with E-state index in [1.54, 1.807) is 0 Å². The number of fused-ring (bicyclic) bond motifs is 1. The Morgan fingerprint density at radius 3 is 3.05 bits per heavy atom. The average Bonchev–Trinajstić information content (AvgIpc) is 3.06. The van der Waals surface area contributed by atoms with E-state index in [1.807, 2.05) is 35.8 Å². The lowest BCUT2D eigenvalue weighted by molar-refractivity contribution is 0.747. The van der Waals surface area contributed by atoms with E-state index >= 15 is 0 Å². The minimum Gasteiger partial charge on any atom is -0.374 e. The Kier molecular flexibility index (Phi) is 3.79. The fraction of sp³-hybridized carbons (Fsp3) is 0.286. The lowest BCUT2D eigenvalue weighted by Crippen LogP contribution is -2.07. The summed E-state index contributed by atoms with van der Waals surface area (Å²) >= 11 is 1.35. The van der Waals surface area contributed by atoms with Gasteiger partial charge in [-0.05, 0) is 19.1 Å². The molecule has 21 heavy (non-hydrogen) atoms. The van der Waals surface area contributed by atoms with E-state index in [0.29, 0.717) is 6.54 Å². The van der Waals surface area contributed by atoms with Crippen LogP contribution in [-0.4, -0.2) is 25.7 Å². The molecule has 3 aromatic rings. The third-order valence-electron chi connectivity index (χ3n) is 3.17. The summed E-state index contributed by atoms with van der Waals surface area (Å²) in [4.78, 5) is 4.53. The molecule has 0 bridgehead atoms. The Morgan fingerprint density at radius 1 is 1.38 bits per heavy atom. The van der Waals surface area contributed by atoms with Gasteiger partial charge in [-0.3, -0.25) is 0 Å². The molecule has 2 aromatic heterocycles. The standard InChI is InChI=1S/C14H14N6S/c1-2-16-14-11(18-19-21-14)9-20-12-6-4-3-5-10(12)17-13(20)7-8-15/h3-6,16H,2,7,9H2,1H3. The number of imidazole rings is 1. The van der Waals surface area contributed by atoms with Crippen molar-refractivity contribution in [2.75, 3.05) is 11.9 Å². The van der Waals surface area contributed by atoms with Crippen LogP contribution in [0.25, 0.3) is 11.0 Å². The number of benzene rings is 1. The first-order chi connectivity index (χ1) is 10.3. The normalized spacial score (nSPS) is 10.7. The van der Waals surface area contributed by atoms with Gasteiger partial charge in [-0.2, -0.15) is 5.26 Å². The zero-order valence-electron chi connectivity index (χ0n) is 11.6. The predicted molar refractivity (Wildman–Crippen MR) is 82.2 cm³/mol. The molecule has 0 aliphatic carbocycles. The van der Waals surface area contributed by atoms with Gasteiger partial charge in [-0.15, -0.1) is 5.10 Å². The smallest absolute Gasteiger partial charge is 0.135 e. The first-order valence-corrected chi connectivity index (χ1v) is 7.47. The van der Waals surface area contributed by atoms with Crippen LogP contribution < -0.4 is 5.32 Å². The lowest BCUT2D eigenvalue weighted by Gasteiger charge is -2.07. The first kappa shape index (κ1) is 13.5. The molecule has 0 radical (unpaired) electrons. The largest absolute Gasteiger partial charge is 0.374 e. The molecule has 6 nitrogen and oxygen atoms in total. The zero-order chi connectivity index (χ0) is 14.7. The molecule has 0 amide bonds. The van der Waals surface area contributed by atoms with Gasteiger partial charge in [0.15, 0.2) is 0 Å². The third-order valence-corrected chi connectivity index (χ3v) is 3.90. The molecule has 0 aliphatic rings. The van der Waals surface area contributed by atoms with Crippen molar-refractivity contribution in [2.24, 2.45) is 0 Å². The summed E-state index contributed by atoms with van der Waals surface area (Å²) in [5.74, 6) is 0.758. The summed E-state index contributed by atoms with van der Waals surface area (Å²) in [5.41, 5.74) is 2.79. The average molecular weight is 298 g/mol. The highest BCUT2D eigenvalue weighted by Crippen LogP contribution is 2.22. The van der Waals surface area contributed by atoms with Crippen LogP contribution >= 0.6 is 11.5 Å². The summed E-state index contributed by atoms with van der Waals surface area (Å²) in [6, 6.07) is 10.1. The van der Waals surface area contributed by atoms with Crippen LogP contribution in [0, 0.1) is 11.3 Å². The molecule has 1 N–H and O–H groups in total. The second-order valence-electron chi connectivity index (χ2n) is 4.52. The van der Waals surface area contributed by atoms with Gasteiger partial charge in [-0.1, -0.05) is 16.6 Å². The van der Waals surface area contributed by atoms with E-state index in [9.17, 15) is 0 Å². The number of nitrogens with one attached hydrogen (secondary N) is 1. The van der Waals surface area contributed by atoms with Gasteiger partial charge < -0.3 is 9.88 Å². The number of para-hydroxylation sites is 2. The molecule has 0 unspecified atom stereocenters. The van der Waals surface area contributed by atoms with Crippen molar-refractivity contribution < 1.29 is 0 Å². The first-order valence-electron chi connectivity index (χ1n) is 6.69. The fourth-order valence-electron chi connectivity index (χ4n) is 2.26. The Balaban J connectivity index is 2.04. The molecule has 3 rings (SSSR count). The third kappa shape index (κ3) is 2.58. The van der Waals surface area contributed by atoms with Gasteiger partial charge in [0.1, 0.15) is 16.5 Å². The Morgan fingerprint density at radius 2 is 2.24 bits per heavy atom. The molecular formula is C14H14N6S. The van der Waals surface area contributed by atoms with Gasteiger partial charge in [0.05, 0.1) is 30.1 Å². The summed E-state index contributed by atoms with van der Waals surface area (Å²) in [6.45, 7) is 3.43. The second kappa shape index (κ2) is 5.89. The monoisotopic (exact) mass is 298 g/mol. The van der Waals surface area contributed by atoms with Crippen molar-refractivity contribution in [3.05, 3.63) is 35.8 Å². The van der Waals surface area contributed by atoms with E-state index in [4.69, 9.17) is 5.26 Å². The Hall–Kier alpha value is -2.46. The van der Waals surface area contributed by atoms with E-state index in [2.05, 4.69) is 26.0 Å². The van der Waals surface area contributed by atoms with Gasteiger partial charge in [0, 0.05) is 18.1 Å². The maximum atomic E-state index is 8.99. The molecule has 0 spiro atoms. The number of rotatable bonds is 5. The topological polar surface area (TPSA) is 79.4 Å².